The average Bonchev–Trinajstić information content (AvgIpc) is 2.54. The van der Waals surface area contributed by atoms with Crippen LogP contribution in [-0.2, 0) is 11.2 Å². The number of nitrogens with zero attached hydrogens (tertiary/aromatic N) is 2. The Morgan fingerprint density at radius 1 is 1.40 bits per heavy atom. The van der Waals surface area contributed by atoms with Gasteiger partial charge in [0.1, 0.15) is 5.01 Å². The summed E-state index contributed by atoms with van der Waals surface area (Å²) in [5.41, 5.74) is 0. The zero-order chi connectivity index (χ0) is 10.5. The van der Waals surface area contributed by atoms with Crippen LogP contribution in [0.25, 0.3) is 0 Å². The van der Waals surface area contributed by atoms with Crippen LogP contribution in [0.3, 0.4) is 0 Å². The molecular weight excluding hydrogens is 210 g/mol. The Morgan fingerprint density at radius 2 is 2.33 bits per heavy atom. The smallest absolute Gasteiger partial charge is 0.205 e. The molecular formula is C10H17N3OS. The maximum Gasteiger partial charge on any atom is 0.205 e. The highest BCUT2D eigenvalue weighted by Crippen LogP contribution is 2.19. The molecule has 4 nitrogen and oxygen atoms in total. The summed E-state index contributed by atoms with van der Waals surface area (Å²) in [6.45, 7) is 3.86. The van der Waals surface area contributed by atoms with Crippen LogP contribution in [0.4, 0.5) is 5.13 Å². The van der Waals surface area contributed by atoms with E-state index in [9.17, 15) is 0 Å². The minimum Gasteiger partial charge on any atom is -0.381 e. The molecule has 1 saturated heterocycles. The average molecular weight is 227 g/mol. The van der Waals surface area contributed by atoms with Gasteiger partial charge in [-0.2, -0.15) is 0 Å². The summed E-state index contributed by atoms with van der Waals surface area (Å²) in [5, 5.41) is 13.7. The molecule has 1 atom stereocenters. The molecule has 0 saturated carbocycles. The molecule has 1 fully saturated rings. The summed E-state index contributed by atoms with van der Waals surface area (Å²) in [4.78, 5) is 0. The van der Waals surface area contributed by atoms with Gasteiger partial charge in [0.05, 0.1) is 0 Å². The Morgan fingerprint density at radius 3 is 3.13 bits per heavy atom. The van der Waals surface area contributed by atoms with Crippen molar-refractivity contribution in [3.8, 4) is 0 Å². The van der Waals surface area contributed by atoms with E-state index in [-0.39, 0.29) is 0 Å². The third kappa shape index (κ3) is 3.14. The van der Waals surface area contributed by atoms with Crippen LogP contribution in [0.15, 0.2) is 0 Å². The molecule has 0 aliphatic carbocycles. The Bertz CT molecular complexity index is 295. The van der Waals surface area contributed by atoms with Crippen LogP contribution >= 0.6 is 11.3 Å². The number of hydrogen-bond acceptors (Lipinski definition) is 5. The lowest BCUT2D eigenvalue weighted by molar-refractivity contribution is 0.144. The van der Waals surface area contributed by atoms with Gasteiger partial charge in [0.25, 0.3) is 0 Å². The first-order valence-electron chi connectivity index (χ1n) is 5.55. The zero-order valence-corrected chi connectivity index (χ0v) is 9.85. The lowest BCUT2D eigenvalue weighted by Crippen LogP contribution is -2.19. The number of aromatic nitrogens is 2. The van der Waals surface area contributed by atoms with E-state index in [0.717, 1.165) is 42.6 Å². The third-order valence-corrected chi connectivity index (χ3v) is 3.55. The fourth-order valence-electron chi connectivity index (χ4n) is 1.68. The molecule has 1 aliphatic rings. The lowest BCUT2D eigenvalue weighted by atomic mass is 10.1. The van der Waals surface area contributed by atoms with Crippen LogP contribution in [-0.4, -0.2) is 29.5 Å². The van der Waals surface area contributed by atoms with Gasteiger partial charge >= 0.3 is 0 Å². The number of rotatable bonds is 3. The van der Waals surface area contributed by atoms with E-state index in [1.54, 1.807) is 11.3 Å². The Labute approximate surface area is 94.1 Å². The summed E-state index contributed by atoms with van der Waals surface area (Å²) in [6, 6.07) is 0.505. The molecule has 5 heteroatoms. The Kier molecular flexibility index (Phi) is 3.91. The summed E-state index contributed by atoms with van der Waals surface area (Å²) in [6.07, 6.45) is 4.34. The second kappa shape index (κ2) is 5.42. The topological polar surface area (TPSA) is 47.0 Å². The number of hydrogen-bond donors (Lipinski definition) is 1. The van der Waals surface area contributed by atoms with Gasteiger partial charge in [-0.15, -0.1) is 10.2 Å². The van der Waals surface area contributed by atoms with E-state index in [4.69, 9.17) is 4.74 Å². The normalized spacial score (nSPS) is 22.3. The molecule has 0 aromatic carbocycles. The quantitative estimate of drug-likeness (QED) is 0.859. The second-order valence-corrected chi connectivity index (χ2v) is 4.80. The first-order valence-corrected chi connectivity index (χ1v) is 6.37. The summed E-state index contributed by atoms with van der Waals surface area (Å²) >= 11 is 1.66. The number of anilines is 1. The van der Waals surface area contributed by atoms with Gasteiger partial charge in [-0.3, -0.25) is 0 Å². The van der Waals surface area contributed by atoms with Gasteiger partial charge in [0, 0.05) is 19.3 Å². The molecule has 15 heavy (non-hydrogen) atoms. The molecule has 1 unspecified atom stereocenters. The summed E-state index contributed by atoms with van der Waals surface area (Å²) in [5.74, 6) is 0. The number of nitrogens with one attached hydrogen (secondary N) is 1. The first-order chi connectivity index (χ1) is 7.38. The third-order valence-electron chi connectivity index (χ3n) is 2.55. The van der Waals surface area contributed by atoms with Crippen LogP contribution < -0.4 is 5.32 Å². The molecule has 0 spiro atoms. The van der Waals surface area contributed by atoms with Crippen molar-refractivity contribution >= 4 is 16.5 Å². The van der Waals surface area contributed by atoms with E-state index in [1.165, 1.54) is 6.42 Å². The van der Waals surface area contributed by atoms with Crippen LogP contribution in [0.5, 0.6) is 0 Å². The predicted molar refractivity (Wildman–Crippen MR) is 61.4 cm³/mol. The molecule has 1 N–H and O–H groups in total. The van der Waals surface area contributed by atoms with Gasteiger partial charge < -0.3 is 10.1 Å². The second-order valence-electron chi connectivity index (χ2n) is 3.74. The van der Waals surface area contributed by atoms with Gasteiger partial charge in [-0.05, 0) is 25.7 Å². The van der Waals surface area contributed by atoms with Gasteiger partial charge in [-0.1, -0.05) is 18.3 Å². The maximum atomic E-state index is 5.42. The molecule has 1 aromatic heterocycles. The molecule has 2 heterocycles. The minimum absolute atomic E-state index is 0.505. The molecule has 2 rings (SSSR count). The standard InChI is InChI=1S/C10H17N3OS/c1-2-9-12-13-10(15-9)11-8-4-3-6-14-7-5-8/h8H,2-7H2,1H3,(H,11,13). The zero-order valence-electron chi connectivity index (χ0n) is 9.03. The highest BCUT2D eigenvalue weighted by Gasteiger charge is 2.13. The Hall–Kier alpha value is -0.680. The van der Waals surface area contributed by atoms with Gasteiger partial charge in [0.2, 0.25) is 5.13 Å². The van der Waals surface area contributed by atoms with Crippen molar-refractivity contribution in [2.75, 3.05) is 18.5 Å². The maximum absolute atomic E-state index is 5.42. The van der Waals surface area contributed by atoms with Crippen molar-refractivity contribution in [2.24, 2.45) is 0 Å². The molecule has 1 aromatic rings. The van der Waals surface area contributed by atoms with Crippen molar-refractivity contribution < 1.29 is 4.74 Å². The molecule has 0 amide bonds. The van der Waals surface area contributed by atoms with E-state index >= 15 is 0 Å². The van der Waals surface area contributed by atoms with Crippen molar-refractivity contribution in [3.05, 3.63) is 5.01 Å². The SMILES string of the molecule is CCc1nnc(NC2CCCOCC2)s1. The van der Waals surface area contributed by atoms with Crippen molar-refractivity contribution in [1.29, 1.82) is 0 Å². The molecule has 0 bridgehead atoms. The van der Waals surface area contributed by atoms with Gasteiger partial charge in [-0.25, -0.2) is 0 Å². The van der Waals surface area contributed by atoms with E-state index in [2.05, 4.69) is 22.4 Å². The fraction of sp³-hybridized carbons (Fsp3) is 0.800. The Balaban J connectivity index is 1.89. The van der Waals surface area contributed by atoms with Crippen molar-refractivity contribution in [1.82, 2.24) is 10.2 Å². The molecule has 1 aliphatic heterocycles. The highest BCUT2D eigenvalue weighted by atomic mass is 32.1. The molecule has 84 valence electrons. The first kappa shape index (κ1) is 10.8. The highest BCUT2D eigenvalue weighted by molar-refractivity contribution is 7.15. The monoisotopic (exact) mass is 227 g/mol. The van der Waals surface area contributed by atoms with Crippen LogP contribution in [0.1, 0.15) is 31.2 Å². The number of ether oxygens (including phenoxy) is 1. The largest absolute Gasteiger partial charge is 0.381 e. The van der Waals surface area contributed by atoms with E-state index < -0.39 is 0 Å². The van der Waals surface area contributed by atoms with E-state index in [0.29, 0.717) is 6.04 Å². The van der Waals surface area contributed by atoms with Crippen LogP contribution in [0, 0.1) is 0 Å². The summed E-state index contributed by atoms with van der Waals surface area (Å²) < 4.78 is 5.42. The predicted octanol–water partition coefficient (Wildman–Crippen LogP) is 2.08. The lowest BCUT2D eigenvalue weighted by Gasteiger charge is -2.13. The summed E-state index contributed by atoms with van der Waals surface area (Å²) in [7, 11) is 0. The minimum atomic E-state index is 0.505. The van der Waals surface area contributed by atoms with Gasteiger partial charge in [0.15, 0.2) is 0 Å². The molecule has 0 radical (unpaired) electrons. The van der Waals surface area contributed by atoms with Crippen molar-refractivity contribution in [3.63, 3.8) is 0 Å². The fourth-order valence-corrected chi connectivity index (χ4v) is 2.43. The van der Waals surface area contributed by atoms with E-state index in [1.807, 2.05) is 0 Å². The van der Waals surface area contributed by atoms with Crippen LogP contribution in [0.2, 0.25) is 0 Å². The number of aryl methyl sites for hydroxylation is 1. The van der Waals surface area contributed by atoms with Crippen molar-refractivity contribution in [2.45, 2.75) is 38.6 Å².